The normalized spacial score (nSPS) is 22.9. The van der Waals surface area contributed by atoms with Gasteiger partial charge in [-0.2, -0.15) is 0 Å². The minimum absolute atomic E-state index is 0.470. The van der Waals surface area contributed by atoms with Crippen LogP contribution in [0.3, 0.4) is 0 Å². The Labute approximate surface area is 127 Å². The predicted molar refractivity (Wildman–Crippen MR) is 88.8 cm³/mol. The molecule has 1 aliphatic rings. The van der Waals surface area contributed by atoms with Crippen LogP contribution in [0.5, 0.6) is 5.75 Å². The van der Waals surface area contributed by atoms with Gasteiger partial charge in [0, 0.05) is 6.54 Å². The SMILES string of the molecule is CCC1CCC(CN=C(N)Nc2ccccc2OC)CC1. The zero-order valence-corrected chi connectivity index (χ0v) is 13.1. The minimum atomic E-state index is 0.470. The summed E-state index contributed by atoms with van der Waals surface area (Å²) < 4.78 is 5.29. The average molecular weight is 289 g/mol. The van der Waals surface area contributed by atoms with Crippen molar-refractivity contribution >= 4 is 11.6 Å². The van der Waals surface area contributed by atoms with Crippen molar-refractivity contribution in [2.75, 3.05) is 19.0 Å². The third-order valence-corrected chi connectivity index (χ3v) is 4.43. The highest BCUT2D eigenvalue weighted by molar-refractivity contribution is 5.93. The minimum Gasteiger partial charge on any atom is -0.495 e. The zero-order chi connectivity index (χ0) is 15.1. The lowest BCUT2D eigenvalue weighted by atomic mass is 9.81. The number of benzene rings is 1. The maximum Gasteiger partial charge on any atom is 0.193 e. The number of hydrogen-bond acceptors (Lipinski definition) is 2. The largest absolute Gasteiger partial charge is 0.495 e. The first-order valence-corrected chi connectivity index (χ1v) is 7.92. The average Bonchev–Trinajstić information content (AvgIpc) is 2.54. The van der Waals surface area contributed by atoms with Crippen LogP contribution in [0.2, 0.25) is 0 Å². The van der Waals surface area contributed by atoms with E-state index in [1.54, 1.807) is 7.11 Å². The van der Waals surface area contributed by atoms with E-state index in [2.05, 4.69) is 17.2 Å². The number of methoxy groups -OCH3 is 1. The van der Waals surface area contributed by atoms with E-state index in [4.69, 9.17) is 10.5 Å². The molecule has 1 aliphatic carbocycles. The summed E-state index contributed by atoms with van der Waals surface area (Å²) in [6.45, 7) is 3.11. The molecule has 4 heteroatoms. The van der Waals surface area contributed by atoms with Gasteiger partial charge in [0.2, 0.25) is 0 Å². The number of ether oxygens (including phenoxy) is 1. The van der Waals surface area contributed by atoms with E-state index in [0.717, 1.165) is 23.9 Å². The summed E-state index contributed by atoms with van der Waals surface area (Å²) in [6, 6.07) is 7.73. The van der Waals surface area contributed by atoms with Gasteiger partial charge >= 0.3 is 0 Å². The van der Waals surface area contributed by atoms with Crippen LogP contribution < -0.4 is 15.8 Å². The van der Waals surface area contributed by atoms with Crippen molar-refractivity contribution in [1.82, 2.24) is 0 Å². The van der Waals surface area contributed by atoms with Gasteiger partial charge in [-0.15, -0.1) is 0 Å². The first-order chi connectivity index (χ1) is 10.2. The third-order valence-electron chi connectivity index (χ3n) is 4.43. The summed E-state index contributed by atoms with van der Waals surface area (Å²) in [5.41, 5.74) is 6.84. The molecule has 0 aromatic heterocycles. The van der Waals surface area contributed by atoms with E-state index in [0.29, 0.717) is 11.9 Å². The molecule has 0 amide bonds. The monoisotopic (exact) mass is 289 g/mol. The van der Waals surface area contributed by atoms with E-state index >= 15 is 0 Å². The number of nitrogens with one attached hydrogen (secondary N) is 1. The van der Waals surface area contributed by atoms with Crippen LogP contribution in [0.4, 0.5) is 5.69 Å². The van der Waals surface area contributed by atoms with Crippen molar-refractivity contribution in [2.45, 2.75) is 39.0 Å². The Morgan fingerprint density at radius 3 is 2.57 bits per heavy atom. The molecule has 1 saturated carbocycles. The predicted octanol–water partition coefficient (Wildman–Crippen LogP) is 3.64. The lowest BCUT2D eigenvalue weighted by molar-refractivity contribution is 0.274. The summed E-state index contributed by atoms with van der Waals surface area (Å²) in [4.78, 5) is 4.50. The van der Waals surface area contributed by atoms with Crippen LogP contribution in [0.15, 0.2) is 29.3 Å². The van der Waals surface area contributed by atoms with Gasteiger partial charge in [0.05, 0.1) is 12.8 Å². The number of guanidine groups is 1. The number of para-hydroxylation sites is 2. The van der Waals surface area contributed by atoms with Crippen molar-refractivity contribution in [1.29, 1.82) is 0 Å². The topological polar surface area (TPSA) is 59.6 Å². The van der Waals surface area contributed by atoms with E-state index in [-0.39, 0.29) is 0 Å². The lowest BCUT2D eigenvalue weighted by Gasteiger charge is -2.26. The molecule has 0 bridgehead atoms. The molecule has 1 fully saturated rings. The summed E-state index contributed by atoms with van der Waals surface area (Å²) >= 11 is 0. The van der Waals surface area contributed by atoms with Crippen LogP contribution in [-0.2, 0) is 0 Å². The van der Waals surface area contributed by atoms with Crippen molar-refractivity contribution in [2.24, 2.45) is 22.6 Å². The summed E-state index contributed by atoms with van der Waals surface area (Å²) in [7, 11) is 1.65. The number of anilines is 1. The number of nitrogens with two attached hydrogens (primary N) is 1. The molecule has 3 N–H and O–H groups in total. The standard InChI is InChI=1S/C17H27N3O/c1-3-13-8-10-14(11-9-13)12-19-17(18)20-15-6-4-5-7-16(15)21-2/h4-7,13-14H,3,8-12H2,1-2H3,(H3,18,19,20). The van der Waals surface area contributed by atoms with Crippen LogP contribution in [0.1, 0.15) is 39.0 Å². The first-order valence-electron chi connectivity index (χ1n) is 7.92. The first kappa shape index (κ1) is 15.7. The molecule has 0 spiro atoms. The zero-order valence-electron chi connectivity index (χ0n) is 13.1. The summed E-state index contributed by atoms with van der Waals surface area (Å²) in [5.74, 6) is 2.86. The fourth-order valence-corrected chi connectivity index (χ4v) is 2.98. The molecule has 0 heterocycles. The number of hydrogen-bond donors (Lipinski definition) is 2. The van der Waals surface area contributed by atoms with Gasteiger partial charge in [0.15, 0.2) is 5.96 Å². The maximum absolute atomic E-state index is 5.98. The maximum atomic E-state index is 5.98. The van der Waals surface area contributed by atoms with Crippen molar-refractivity contribution in [3.63, 3.8) is 0 Å². The van der Waals surface area contributed by atoms with Crippen molar-refractivity contribution in [3.05, 3.63) is 24.3 Å². The number of rotatable bonds is 5. The number of nitrogens with zero attached hydrogens (tertiary/aromatic N) is 1. The Morgan fingerprint density at radius 1 is 1.24 bits per heavy atom. The molecular weight excluding hydrogens is 262 g/mol. The van der Waals surface area contributed by atoms with E-state index in [9.17, 15) is 0 Å². The van der Waals surface area contributed by atoms with E-state index in [1.165, 1.54) is 32.1 Å². The highest BCUT2D eigenvalue weighted by atomic mass is 16.5. The van der Waals surface area contributed by atoms with Gasteiger partial charge in [-0.05, 0) is 36.8 Å². The van der Waals surface area contributed by atoms with Gasteiger partial charge in [0.25, 0.3) is 0 Å². The van der Waals surface area contributed by atoms with Gasteiger partial charge in [-0.3, -0.25) is 4.99 Å². The van der Waals surface area contributed by atoms with Gasteiger partial charge < -0.3 is 15.8 Å². The van der Waals surface area contributed by atoms with E-state index < -0.39 is 0 Å². The van der Waals surface area contributed by atoms with Crippen LogP contribution in [0.25, 0.3) is 0 Å². The molecule has 4 nitrogen and oxygen atoms in total. The molecule has 0 radical (unpaired) electrons. The fraction of sp³-hybridized carbons (Fsp3) is 0.588. The Balaban J connectivity index is 1.84. The third kappa shape index (κ3) is 4.66. The highest BCUT2D eigenvalue weighted by Gasteiger charge is 2.19. The second kappa shape index (κ2) is 7.91. The van der Waals surface area contributed by atoms with Crippen molar-refractivity contribution < 1.29 is 4.74 Å². The highest BCUT2D eigenvalue weighted by Crippen LogP contribution is 2.30. The summed E-state index contributed by atoms with van der Waals surface area (Å²) in [5, 5.41) is 3.12. The molecule has 0 aliphatic heterocycles. The Kier molecular flexibility index (Phi) is 5.90. The molecular formula is C17H27N3O. The molecule has 0 saturated heterocycles. The quantitative estimate of drug-likeness (QED) is 0.642. The Bertz CT molecular complexity index is 465. The molecule has 21 heavy (non-hydrogen) atoms. The summed E-state index contributed by atoms with van der Waals surface area (Å²) in [6.07, 6.45) is 6.56. The van der Waals surface area contributed by atoms with Gasteiger partial charge in [-0.25, -0.2) is 0 Å². The smallest absolute Gasteiger partial charge is 0.193 e. The Hall–Kier alpha value is -1.71. The van der Waals surface area contributed by atoms with Crippen LogP contribution in [0, 0.1) is 11.8 Å². The number of aliphatic imine (C=N–C) groups is 1. The second-order valence-electron chi connectivity index (χ2n) is 5.85. The Morgan fingerprint density at radius 2 is 1.90 bits per heavy atom. The van der Waals surface area contributed by atoms with Gasteiger partial charge in [0.1, 0.15) is 5.75 Å². The molecule has 0 unspecified atom stereocenters. The molecule has 0 atom stereocenters. The van der Waals surface area contributed by atoms with Crippen LogP contribution in [-0.4, -0.2) is 19.6 Å². The van der Waals surface area contributed by atoms with E-state index in [1.807, 2.05) is 24.3 Å². The lowest BCUT2D eigenvalue weighted by Crippen LogP contribution is -2.25. The fourth-order valence-electron chi connectivity index (χ4n) is 2.98. The molecule has 116 valence electrons. The van der Waals surface area contributed by atoms with Gasteiger partial charge in [-0.1, -0.05) is 38.3 Å². The second-order valence-corrected chi connectivity index (χ2v) is 5.85. The molecule has 1 aromatic carbocycles. The van der Waals surface area contributed by atoms with Crippen molar-refractivity contribution in [3.8, 4) is 5.75 Å². The molecule has 2 rings (SSSR count). The van der Waals surface area contributed by atoms with Crippen LogP contribution >= 0.6 is 0 Å². The molecule has 1 aromatic rings.